The first-order valence-corrected chi connectivity index (χ1v) is 28.3. The highest BCUT2D eigenvalue weighted by molar-refractivity contribution is 7.48. The van der Waals surface area contributed by atoms with E-state index in [2.05, 4.69) is 4.98 Å². The molecule has 0 bridgehead atoms. The molecule has 2 aromatic heterocycles. The number of carboxylic acids is 1. The highest BCUT2D eigenvalue weighted by atomic mass is 31.2. The maximum absolute atomic E-state index is 14.8. The van der Waals surface area contributed by atoms with Crippen LogP contribution in [0.15, 0.2) is 174 Å². The van der Waals surface area contributed by atoms with Crippen molar-refractivity contribution in [3.05, 3.63) is 201 Å². The van der Waals surface area contributed by atoms with Gasteiger partial charge in [0.1, 0.15) is 35.1 Å². The molecular weight excluding hydrogens is 1090 g/mol. The number of hydrogen-bond acceptors (Lipinski definition) is 17. The summed E-state index contributed by atoms with van der Waals surface area (Å²) in [5.74, 6) is -0.879. The number of fused-ring (bicyclic) bond motifs is 2. The van der Waals surface area contributed by atoms with E-state index < -0.39 is 80.6 Å². The monoisotopic (exact) mass is 1150 g/mol. The molecular formula is C61H62N5O16P. The molecule has 1 aliphatic heterocycles. The van der Waals surface area contributed by atoms with Crippen molar-refractivity contribution in [2.45, 2.75) is 68.7 Å². The summed E-state index contributed by atoms with van der Waals surface area (Å²) < 4.78 is 70.1. The number of carboxylic acid groups (broad SMARTS) is 1. The molecule has 3 heterocycles. The predicted molar refractivity (Wildman–Crippen MR) is 305 cm³/mol. The zero-order valence-electron chi connectivity index (χ0n) is 45.8. The highest BCUT2D eigenvalue weighted by Crippen LogP contribution is 2.53. The van der Waals surface area contributed by atoms with E-state index in [0.717, 1.165) is 35.0 Å². The van der Waals surface area contributed by atoms with E-state index in [1.54, 1.807) is 55.5 Å². The molecule has 1 fully saturated rings. The van der Waals surface area contributed by atoms with Gasteiger partial charge in [0.05, 0.1) is 62.3 Å². The Morgan fingerprint density at radius 1 is 0.687 bits per heavy atom. The number of amides is 1. The number of phosphoric ester groups is 1. The number of hydrogen-bond donors (Lipinski definition) is 2. The molecule has 432 valence electrons. The summed E-state index contributed by atoms with van der Waals surface area (Å²) in [6.45, 7) is -0.471. The van der Waals surface area contributed by atoms with Crippen LogP contribution in [0.2, 0.25) is 0 Å². The second kappa shape index (κ2) is 27.5. The number of phosphoric acid groups is 1. The van der Waals surface area contributed by atoms with Crippen molar-refractivity contribution in [3.63, 3.8) is 0 Å². The van der Waals surface area contributed by atoms with Crippen LogP contribution in [-0.2, 0) is 52.3 Å². The Morgan fingerprint density at radius 2 is 1.29 bits per heavy atom. The quantitative estimate of drug-likeness (QED) is 0.0152. The van der Waals surface area contributed by atoms with E-state index in [-0.39, 0.29) is 19.1 Å². The number of unbranched alkanes of at least 4 members (excludes halogenated alkanes) is 3. The fraction of sp³-hybridized carbons (Fsp3) is 0.295. The SMILES string of the molecule is COc1ccc(C(OC[C@H]2O[C@@H](n3ccc(=O)[nH]c3=O)[C@H](OC(=O)CCC(=O)O)[C@H]2OP(=O)(OC)OCCCCCCN(C(=O)COc2ccccc2)c2ccc3nc4ccccc4nc3c2)(c2ccccc2)c2ccc(OC)cc2)cc1. The van der Waals surface area contributed by atoms with Crippen molar-refractivity contribution in [2.24, 2.45) is 0 Å². The number of carbonyl (C=O) groups excluding carboxylic acids is 2. The number of ether oxygens (including phenoxy) is 6. The molecule has 6 aromatic carbocycles. The van der Waals surface area contributed by atoms with E-state index >= 15 is 0 Å². The van der Waals surface area contributed by atoms with Crippen molar-refractivity contribution < 1.29 is 66.0 Å². The number of anilines is 1. The Balaban J connectivity index is 0.959. The van der Waals surface area contributed by atoms with Gasteiger partial charge >= 0.3 is 25.5 Å². The third-order valence-corrected chi connectivity index (χ3v) is 15.3. The first-order chi connectivity index (χ1) is 40.3. The van der Waals surface area contributed by atoms with Crippen LogP contribution < -0.4 is 30.4 Å². The number of aliphatic carboxylic acids is 1. The number of methoxy groups -OCH3 is 2. The number of H-pyrrole nitrogens is 1. The molecule has 21 nitrogen and oxygen atoms in total. The molecule has 83 heavy (non-hydrogen) atoms. The lowest BCUT2D eigenvalue weighted by molar-refractivity contribution is -0.160. The van der Waals surface area contributed by atoms with Gasteiger partial charge in [-0.05, 0) is 96.3 Å². The van der Waals surface area contributed by atoms with Crippen LogP contribution >= 0.6 is 7.82 Å². The third-order valence-electron chi connectivity index (χ3n) is 13.9. The van der Waals surface area contributed by atoms with Gasteiger partial charge in [-0.2, -0.15) is 0 Å². The van der Waals surface area contributed by atoms with Crippen LogP contribution in [0.5, 0.6) is 17.2 Å². The van der Waals surface area contributed by atoms with E-state index in [9.17, 15) is 33.6 Å². The van der Waals surface area contributed by atoms with Gasteiger partial charge in [0.2, 0.25) is 0 Å². The molecule has 0 aliphatic carbocycles. The number of carbonyl (C=O) groups is 3. The average Bonchev–Trinajstić information content (AvgIpc) is 3.94. The molecule has 1 unspecified atom stereocenters. The topological polar surface area (TPSA) is 255 Å². The summed E-state index contributed by atoms with van der Waals surface area (Å²) >= 11 is 0. The molecule has 2 N–H and O–H groups in total. The van der Waals surface area contributed by atoms with Gasteiger partial charge in [-0.1, -0.05) is 97.8 Å². The average molecular weight is 1150 g/mol. The molecule has 1 aliphatic rings. The van der Waals surface area contributed by atoms with Gasteiger partial charge in [-0.25, -0.2) is 19.3 Å². The molecule has 8 aromatic rings. The van der Waals surface area contributed by atoms with E-state index in [1.165, 1.54) is 0 Å². The fourth-order valence-corrected chi connectivity index (χ4v) is 10.9. The number of nitrogens with one attached hydrogen (secondary N) is 1. The van der Waals surface area contributed by atoms with Crippen LogP contribution in [0.4, 0.5) is 5.69 Å². The maximum Gasteiger partial charge on any atom is 0.475 e. The standard InChI is InChI=1S/C61H62N5O16P/c1-74-45-27-22-42(23-28-45)61(41-16-8-6-9-17-41,43-24-29-46(75-2)30-25-43)78-39-52-57(58(81-56(71)33-32-55(69)70)59(80-52)66-36-34-53(67)64-60(66)72)82-83(73,76-3)79-37-15-5-4-14-35-65(54(68)40-77-47-18-10-7-11-19-47)44-26-31-50-51(38-44)63-49-21-13-12-20-48(49)62-50/h6-13,16-31,34,36,38,52,57-59H,4-5,14-15,32-33,35,37,39-40H2,1-3H3,(H,69,70)(H,64,67,72)/t52-,57+,58-,59-,83?/m1/s1. The number of esters is 1. The van der Waals surface area contributed by atoms with Crippen LogP contribution in [0.3, 0.4) is 0 Å². The summed E-state index contributed by atoms with van der Waals surface area (Å²) in [5, 5.41) is 9.48. The first kappa shape index (κ1) is 59.1. The first-order valence-electron chi connectivity index (χ1n) is 26.8. The van der Waals surface area contributed by atoms with Crippen molar-refractivity contribution >= 4 is 53.4 Å². The molecule has 0 radical (unpaired) electrons. The summed E-state index contributed by atoms with van der Waals surface area (Å²) in [5.41, 5.74) is 2.19. The summed E-state index contributed by atoms with van der Waals surface area (Å²) in [6.07, 6.45) is -4.26. The van der Waals surface area contributed by atoms with Crippen molar-refractivity contribution in [2.75, 3.05) is 52.6 Å². The third kappa shape index (κ3) is 14.4. The summed E-state index contributed by atoms with van der Waals surface area (Å²) in [7, 11) is -0.453. The minimum absolute atomic E-state index is 0.150. The molecule has 0 saturated carbocycles. The van der Waals surface area contributed by atoms with E-state index in [4.69, 9.17) is 52.0 Å². The number of benzene rings is 6. The number of aromatic nitrogens is 4. The highest BCUT2D eigenvalue weighted by Gasteiger charge is 2.54. The lowest BCUT2D eigenvalue weighted by Gasteiger charge is -2.37. The van der Waals surface area contributed by atoms with Gasteiger partial charge in [0.15, 0.2) is 18.9 Å². The van der Waals surface area contributed by atoms with Crippen LogP contribution in [0.1, 0.15) is 61.4 Å². The second-order valence-corrected chi connectivity index (χ2v) is 21.0. The minimum Gasteiger partial charge on any atom is -0.497 e. The predicted octanol–water partition coefficient (Wildman–Crippen LogP) is 9.16. The summed E-state index contributed by atoms with van der Waals surface area (Å²) in [6, 6.07) is 46.9. The Labute approximate surface area is 477 Å². The largest absolute Gasteiger partial charge is 0.497 e. The molecule has 5 atom stereocenters. The molecule has 1 saturated heterocycles. The van der Waals surface area contributed by atoms with Crippen molar-refractivity contribution in [3.8, 4) is 17.2 Å². The lowest BCUT2D eigenvalue weighted by atomic mass is 9.80. The molecule has 0 spiro atoms. The molecule has 9 rings (SSSR count). The fourth-order valence-electron chi connectivity index (χ4n) is 9.74. The number of para-hydroxylation sites is 3. The Morgan fingerprint density at radius 3 is 1.92 bits per heavy atom. The number of aromatic amines is 1. The Hall–Kier alpha value is -8.56. The van der Waals surface area contributed by atoms with Crippen LogP contribution in [0.25, 0.3) is 22.1 Å². The maximum atomic E-state index is 14.8. The molecule has 22 heteroatoms. The van der Waals surface area contributed by atoms with Gasteiger partial charge in [-0.3, -0.25) is 42.3 Å². The van der Waals surface area contributed by atoms with E-state index in [0.29, 0.717) is 82.9 Å². The normalized spacial score (nSPS) is 16.7. The van der Waals surface area contributed by atoms with Crippen molar-refractivity contribution in [1.29, 1.82) is 0 Å². The van der Waals surface area contributed by atoms with E-state index in [1.807, 2.05) is 115 Å². The lowest BCUT2D eigenvalue weighted by Crippen LogP contribution is -2.43. The van der Waals surface area contributed by atoms with Crippen molar-refractivity contribution in [1.82, 2.24) is 19.5 Å². The second-order valence-electron chi connectivity index (χ2n) is 19.2. The van der Waals surface area contributed by atoms with Gasteiger partial charge < -0.3 is 38.4 Å². The molecule has 1 amide bonds. The van der Waals surface area contributed by atoms with Gasteiger partial charge in [-0.15, -0.1) is 0 Å². The number of nitrogens with zero attached hydrogens (tertiary/aromatic N) is 4. The Bertz CT molecular complexity index is 3620. The van der Waals surface area contributed by atoms with Gasteiger partial charge in [0.25, 0.3) is 11.5 Å². The smallest absolute Gasteiger partial charge is 0.475 e. The zero-order valence-corrected chi connectivity index (χ0v) is 46.7. The number of rotatable bonds is 28. The Kier molecular flexibility index (Phi) is 19.6. The van der Waals surface area contributed by atoms with Crippen LogP contribution in [-0.4, -0.2) is 108 Å². The zero-order chi connectivity index (χ0) is 58.3. The minimum atomic E-state index is -4.66. The summed E-state index contributed by atoms with van der Waals surface area (Å²) in [4.78, 5) is 78.4. The van der Waals surface area contributed by atoms with Crippen LogP contribution in [0, 0.1) is 0 Å². The van der Waals surface area contributed by atoms with Gasteiger partial charge in [0, 0.05) is 31.6 Å².